The summed E-state index contributed by atoms with van der Waals surface area (Å²) in [5, 5.41) is 11.6. The fourth-order valence-corrected chi connectivity index (χ4v) is 2.99. The first kappa shape index (κ1) is 19.9. The van der Waals surface area contributed by atoms with Crippen LogP contribution in [0.2, 0.25) is 0 Å². The van der Waals surface area contributed by atoms with Crippen molar-refractivity contribution in [2.75, 3.05) is 14.2 Å². The van der Waals surface area contributed by atoms with Crippen LogP contribution in [0.3, 0.4) is 0 Å². The van der Waals surface area contributed by atoms with Crippen LogP contribution in [0.1, 0.15) is 30.6 Å². The van der Waals surface area contributed by atoms with Crippen LogP contribution in [0.25, 0.3) is 0 Å². The topological polar surface area (TPSA) is 122 Å². The van der Waals surface area contributed by atoms with Crippen LogP contribution in [-0.2, 0) is 14.8 Å². The number of carbonyl (C=O) groups is 2. The number of carbonyl (C=O) groups excluding carboxylic acids is 1. The Labute approximate surface area is 141 Å². The van der Waals surface area contributed by atoms with E-state index in [0.29, 0.717) is 0 Å². The van der Waals surface area contributed by atoms with Crippen molar-refractivity contribution in [2.45, 2.75) is 31.2 Å². The van der Waals surface area contributed by atoms with E-state index in [-0.39, 0.29) is 28.5 Å². The highest BCUT2D eigenvalue weighted by Crippen LogP contribution is 2.24. The second kappa shape index (κ2) is 8.11. The number of methoxy groups -OCH3 is 1. The average molecular weight is 358 g/mol. The predicted octanol–water partition coefficient (Wildman–Crippen LogP) is 0.832. The van der Waals surface area contributed by atoms with E-state index in [4.69, 9.17) is 4.74 Å². The average Bonchev–Trinajstić information content (AvgIpc) is 2.52. The molecule has 0 unspecified atom stereocenters. The van der Waals surface area contributed by atoms with Crippen LogP contribution in [0, 0.1) is 5.92 Å². The molecule has 0 fully saturated rings. The molecule has 0 heterocycles. The molecule has 1 aromatic carbocycles. The van der Waals surface area contributed by atoms with Gasteiger partial charge in [-0.1, -0.05) is 13.8 Å². The number of benzene rings is 1. The van der Waals surface area contributed by atoms with Crippen LogP contribution in [0.15, 0.2) is 23.1 Å². The van der Waals surface area contributed by atoms with Crippen molar-refractivity contribution in [3.05, 3.63) is 23.8 Å². The fraction of sp³-hybridized carbons (Fsp3) is 0.467. The number of ether oxygens (including phenoxy) is 1. The first-order chi connectivity index (χ1) is 11.1. The van der Waals surface area contributed by atoms with Gasteiger partial charge in [-0.2, -0.15) is 0 Å². The van der Waals surface area contributed by atoms with Gasteiger partial charge in [-0.05, 0) is 37.6 Å². The van der Waals surface area contributed by atoms with Gasteiger partial charge >= 0.3 is 5.97 Å². The van der Waals surface area contributed by atoms with Crippen molar-refractivity contribution < 1.29 is 27.9 Å². The monoisotopic (exact) mass is 358 g/mol. The van der Waals surface area contributed by atoms with E-state index >= 15 is 0 Å². The molecule has 3 N–H and O–H groups in total. The van der Waals surface area contributed by atoms with Crippen molar-refractivity contribution in [3.63, 3.8) is 0 Å². The Kier molecular flexibility index (Phi) is 6.73. The van der Waals surface area contributed by atoms with Crippen molar-refractivity contribution in [1.29, 1.82) is 0 Å². The Hall–Kier alpha value is -2.13. The molecular weight excluding hydrogens is 336 g/mol. The molecule has 1 aromatic rings. The molecule has 0 saturated heterocycles. The highest BCUT2D eigenvalue weighted by Gasteiger charge is 2.24. The maximum atomic E-state index is 12.3. The van der Waals surface area contributed by atoms with Crippen LogP contribution in [0.5, 0.6) is 5.75 Å². The molecule has 0 spiro atoms. The first-order valence-electron chi connectivity index (χ1n) is 7.27. The van der Waals surface area contributed by atoms with Gasteiger partial charge in [0.1, 0.15) is 16.7 Å². The molecule has 0 aliphatic carbocycles. The van der Waals surface area contributed by atoms with Gasteiger partial charge in [-0.15, -0.1) is 0 Å². The standard InChI is InChI=1S/C15H22N2O6S/c1-9(2)7-11(15(19)20)17-14(18)10-5-6-12(23-4)13(8-10)24(21,22)16-3/h5-6,8-9,11,16H,7H2,1-4H3,(H,17,18)(H,19,20)/t11-/m1/s1. The zero-order valence-electron chi connectivity index (χ0n) is 14.0. The SMILES string of the molecule is CNS(=O)(=O)c1cc(C(=O)N[C@H](CC(C)C)C(=O)O)ccc1OC. The fourth-order valence-electron chi connectivity index (χ4n) is 2.07. The number of rotatable bonds is 8. The van der Waals surface area contributed by atoms with E-state index in [2.05, 4.69) is 10.0 Å². The van der Waals surface area contributed by atoms with E-state index in [0.717, 1.165) is 6.07 Å². The summed E-state index contributed by atoms with van der Waals surface area (Å²) in [6, 6.07) is 2.81. The number of amides is 1. The minimum Gasteiger partial charge on any atom is -0.495 e. The lowest BCUT2D eigenvalue weighted by molar-refractivity contribution is -0.139. The third kappa shape index (κ3) is 4.93. The summed E-state index contributed by atoms with van der Waals surface area (Å²) < 4.78 is 31.2. The van der Waals surface area contributed by atoms with Crippen LogP contribution < -0.4 is 14.8 Å². The van der Waals surface area contributed by atoms with Gasteiger partial charge < -0.3 is 15.2 Å². The van der Waals surface area contributed by atoms with Gasteiger partial charge in [0.25, 0.3) is 5.91 Å². The highest BCUT2D eigenvalue weighted by atomic mass is 32.2. The Morgan fingerprint density at radius 3 is 2.38 bits per heavy atom. The normalized spacial score (nSPS) is 12.7. The second-order valence-corrected chi connectivity index (χ2v) is 7.42. The molecule has 9 heteroatoms. The molecule has 24 heavy (non-hydrogen) atoms. The zero-order chi connectivity index (χ0) is 18.5. The summed E-state index contributed by atoms with van der Waals surface area (Å²) in [5.41, 5.74) is 0.0274. The molecular formula is C15H22N2O6S. The molecule has 1 atom stereocenters. The number of nitrogens with one attached hydrogen (secondary N) is 2. The summed E-state index contributed by atoms with van der Waals surface area (Å²) in [4.78, 5) is 23.3. The quantitative estimate of drug-likeness (QED) is 0.633. The lowest BCUT2D eigenvalue weighted by Gasteiger charge is -2.17. The largest absolute Gasteiger partial charge is 0.495 e. The van der Waals surface area contributed by atoms with Gasteiger partial charge in [0, 0.05) is 5.56 Å². The van der Waals surface area contributed by atoms with E-state index in [1.54, 1.807) is 0 Å². The van der Waals surface area contributed by atoms with Crippen LogP contribution in [-0.4, -0.2) is 45.6 Å². The molecule has 134 valence electrons. The van der Waals surface area contributed by atoms with Gasteiger partial charge in [0.2, 0.25) is 10.0 Å². The number of carboxylic acid groups (broad SMARTS) is 1. The van der Waals surface area contributed by atoms with Crippen LogP contribution in [0.4, 0.5) is 0 Å². The Morgan fingerprint density at radius 1 is 1.29 bits per heavy atom. The summed E-state index contributed by atoms with van der Waals surface area (Å²) in [6.07, 6.45) is 0.263. The number of hydrogen-bond donors (Lipinski definition) is 3. The summed E-state index contributed by atoms with van der Waals surface area (Å²) >= 11 is 0. The van der Waals surface area contributed by atoms with Crippen LogP contribution >= 0.6 is 0 Å². The van der Waals surface area contributed by atoms with Gasteiger partial charge in [-0.3, -0.25) is 4.79 Å². The third-order valence-corrected chi connectivity index (χ3v) is 4.73. The minimum absolute atomic E-state index is 0.0274. The Balaban J connectivity index is 3.16. The number of aliphatic carboxylic acids is 1. The molecule has 8 nitrogen and oxygen atoms in total. The summed E-state index contributed by atoms with van der Waals surface area (Å²) in [5.74, 6) is -1.66. The van der Waals surface area contributed by atoms with E-state index in [1.807, 2.05) is 13.8 Å². The summed E-state index contributed by atoms with van der Waals surface area (Å²) in [6.45, 7) is 3.68. The Morgan fingerprint density at radius 2 is 1.92 bits per heavy atom. The van der Waals surface area contributed by atoms with Crippen molar-refractivity contribution in [1.82, 2.24) is 10.0 Å². The second-order valence-electron chi connectivity index (χ2n) is 5.57. The number of sulfonamides is 1. The van der Waals surface area contributed by atoms with E-state index < -0.39 is 27.9 Å². The maximum absolute atomic E-state index is 12.3. The predicted molar refractivity (Wildman–Crippen MR) is 87.6 cm³/mol. The van der Waals surface area contributed by atoms with Gasteiger partial charge in [0.15, 0.2) is 0 Å². The molecule has 0 aliphatic rings. The van der Waals surface area contributed by atoms with Gasteiger partial charge in [-0.25, -0.2) is 17.9 Å². The van der Waals surface area contributed by atoms with E-state index in [9.17, 15) is 23.1 Å². The van der Waals surface area contributed by atoms with Gasteiger partial charge in [0.05, 0.1) is 7.11 Å². The summed E-state index contributed by atoms with van der Waals surface area (Å²) in [7, 11) is -1.28. The molecule has 0 aromatic heterocycles. The molecule has 0 bridgehead atoms. The third-order valence-electron chi connectivity index (χ3n) is 3.29. The lowest BCUT2D eigenvalue weighted by atomic mass is 10.0. The maximum Gasteiger partial charge on any atom is 0.326 e. The lowest BCUT2D eigenvalue weighted by Crippen LogP contribution is -2.41. The van der Waals surface area contributed by atoms with Crippen molar-refractivity contribution in [3.8, 4) is 5.75 Å². The van der Waals surface area contributed by atoms with Crippen molar-refractivity contribution in [2.24, 2.45) is 5.92 Å². The zero-order valence-corrected chi connectivity index (χ0v) is 14.8. The van der Waals surface area contributed by atoms with Crippen molar-refractivity contribution >= 4 is 21.9 Å². The Bertz CT molecular complexity index is 715. The molecule has 0 radical (unpaired) electrons. The molecule has 1 amide bonds. The minimum atomic E-state index is -3.83. The molecule has 0 saturated carbocycles. The smallest absolute Gasteiger partial charge is 0.326 e. The van der Waals surface area contributed by atoms with E-state index in [1.165, 1.54) is 26.3 Å². The molecule has 0 aliphatic heterocycles. The first-order valence-corrected chi connectivity index (χ1v) is 8.76. The highest BCUT2D eigenvalue weighted by molar-refractivity contribution is 7.89. The molecule has 1 rings (SSSR count). The number of carboxylic acids is 1. The number of hydrogen-bond acceptors (Lipinski definition) is 5.